The molecule has 3 aromatic rings. The lowest BCUT2D eigenvalue weighted by atomic mass is 10.1. The molecule has 0 fully saturated rings. The molecule has 0 bridgehead atoms. The summed E-state index contributed by atoms with van der Waals surface area (Å²) in [4.78, 5) is 9.96. The summed E-state index contributed by atoms with van der Waals surface area (Å²) in [5.74, 6) is 1.92. The molecule has 3 N–H and O–H groups in total. The Hall–Kier alpha value is -1.97. The summed E-state index contributed by atoms with van der Waals surface area (Å²) in [6.07, 6.45) is 1.72. The van der Waals surface area contributed by atoms with Crippen molar-refractivity contribution in [2.75, 3.05) is 19.1 Å². The molecule has 0 spiro atoms. The molecular formula is C19H22BrN5O2S. The molecule has 0 amide bonds. The Kier molecular flexibility index (Phi) is 5.15. The number of aromatic nitrogens is 3. The molecule has 1 aliphatic heterocycles. The Morgan fingerprint density at radius 2 is 2.04 bits per heavy atom. The van der Waals surface area contributed by atoms with Crippen molar-refractivity contribution >= 4 is 44.5 Å². The highest BCUT2D eigenvalue weighted by atomic mass is 79.9. The van der Waals surface area contributed by atoms with Crippen LogP contribution >= 0.6 is 27.7 Å². The van der Waals surface area contributed by atoms with Gasteiger partial charge in [-0.15, -0.1) is 0 Å². The largest absolute Gasteiger partial charge is 0.454 e. The fourth-order valence-electron chi connectivity index (χ4n) is 2.96. The number of nitrogen functional groups attached to an aromatic ring is 1. The zero-order valence-corrected chi connectivity index (χ0v) is 18.4. The molecule has 28 heavy (non-hydrogen) atoms. The number of halogens is 1. The molecule has 148 valence electrons. The van der Waals surface area contributed by atoms with Crippen molar-refractivity contribution in [1.82, 2.24) is 19.9 Å². The number of nitrogens with two attached hydrogens (primary N) is 1. The molecule has 7 nitrogen and oxygen atoms in total. The highest BCUT2D eigenvalue weighted by Crippen LogP contribution is 2.43. The normalized spacial score (nSPS) is 13.4. The van der Waals surface area contributed by atoms with E-state index in [0.29, 0.717) is 5.82 Å². The van der Waals surface area contributed by atoms with E-state index >= 15 is 0 Å². The van der Waals surface area contributed by atoms with Crippen molar-refractivity contribution < 1.29 is 9.47 Å². The Labute approximate surface area is 176 Å². The molecule has 2 aromatic heterocycles. The summed E-state index contributed by atoms with van der Waals surface area (Å²) in [5, 5.41) is 4.38. The van der Waals surface area contributed by atoms with Crippen LogP contribution in [0.3, 0.4) is 0 Å². The van der Waals surface area contributed by atoms with E-state index in [9.17, 15) is 0 Å². The van der Waals surface area contributed by atoms with Crippen LogP contribution in [0.4, 0.5) is 5.82 Å². The van der Waals surface area contributed by atoms with E-state index in [1.54, 1.807) is 18.0 Å². The zero-order chi connectivity index (χ0) is 19.9. The van der Waals surface area contributed by atoms with Crippen LogP contribution in [0.15, 0.2) is 38.9 Å². The van der Waals surface area contributed by atoms with Crippen molar-refractivity contribution in [3.05, 3.63) is 28.9 Å². The third-order valence-electron chi connectivity index (χ3n) is 4.28. The predicted octanol–water partition coefficient (Wildman–Crippen LogP) is 4.04. The maximum atomic E-state index is 6.08. The van der Waals surface area contributed by atoms with Crippen molar-refractivity contribution in [2.45, 2.75) is 42.9 Å². The Morgan fingerprint density at radius 1 is 1.29 bits per heavy atom. The van der Waals surface area contributed by atoms with E-state index in [1.807, 2.05) is 18.2 Å². The Bertz CT molecular complexity index is 1030. The second-order valence-corrected chi connectivity index (χ2v) is 9.39. The maximum Gasteiger partial charge on any atom is 0.231 e. The van der Waals surface area contributed by atoms with E-state index in [0.717, 1.165) is 50.1 Å². The van der Waals surface area contributed by atoms with Gasteiger partial charge in [0.05, 0.1) is 5.52 Å². The molecule has 3 heterocycles. The molecule has 0 saturated heterocycles. The van der Waals surface area contributed by atoms with Crippen LogP contribution in [-0.2, 0) is 6.54 Å². The summed E-state index contributed by atoms with van der Waals surface area (Å²) < 4.78 is 14.1. The van der Waals surface area contributed by atoms with Gasteiger partial charge in [-0.25, -0.2) is 9.97 Å². The number of anilines is 1. The summed E-state index contributed by atoms with van der Waals surface area (Å²) in [6.45, 7) is 8.28. The van der Waals surface area contributed by atoms with Gasteiger partial charge in [-0.3, -0.25) is 0 Å². The van der Waals surface area contributed by atoms with Gasteiger partial charge in [0.1, 0.15) is 5.52 Å². The van der Waals surface area contributed by atoms with Crippen molar-refractivity contribution in [2.24, 2.45) is 0 Å². The zero-order valence-electron chi connectivity index (χ0n) is 16.0. The lowest BCUT2D eigenvalue weighted by Gasteiger charge is -2.21. The quantitative estimate of drug-likeness (QED) is 0.589. The number of hydrogen-bond acceptors (Lipinski definition) is 7. The predicted molar refractivity (Wildman–Crippen MR) is 114 cm³/mol. The van der Waals surface area contributed by atoms with Gasteiger partial charge < -0.3 is 25.1 Å². The van der Waals surface area contributed by atoms with E-state index in [-0.39, 0.29) is 12.3 Å². The number of rotatable bonds is 5. The fourth-order valence-corrected chi connectivity index (χ4v) is 4.48. The number of ether oxygens (including phenoxy) is 2. The van der Waals surface area contributed by atoms with Crippen LogP contribution in [0.2, 0.25) is 0 Å². The van der Waals surface area contributed by atoms with Crippen LogP contribution < -0.4 is 20.5 Å². The Balaban J connectivity index is 1.70. The van der Waals surface area contributed by atoms with Gasteiger partial charge in [0.2, 0.25) is 6.79 Å². The van der Waals surface area contributed by atoms with Gasteiger partial charge in [-0.05, 0) is 54.9 Å². The first-order valence-corrected chi connectivity index (χ1v) is 10.6. The summed E-state index contributed by atoms with van der Waals surface area (Å²) >= 11 is 5.18. The minimum Gasteiger partial charge on any atom is -0.454 e. The summed E-state index contributed by atoms with van der Waals surface area (Å²) in [7, 11) is 0. The molecule has 0 atom stereocenters. The van der Waals surface area contributed by atoms with Gasteiger partial charge in [0, 0.05) is 34.2 Å². The number of nitrogens with zero attached hydrogens (tertiary/aromatic N) is 3. The summed E-state index contributed by atoms with van der Waals surface area (Å²) in [5.41, 5.74) is 7.82. The van der Waals surface area contributed by atoms with Gasteiger partial charge in [-0.2, -0.15) is 0 Å². The van der Waals surface area contributed by atoms with Gasteiger partial charge in [0.15, 0.2) is 22.5 Å². The molecule has 0 saturated carbocycles. The molecule has 9 heteroatoms. The average molecular weight is 464 g/mol. The number of benzene rings is 1. The van der Waals surface area contributed by atoms with E-state index in [1.165, 1.54) is 0 Å². The van der Waals surface area contributed by atoms with Crippen molar-refractivity contribution in [3.8, 4) is 11.5 Å². The number of pyridine rings is 1. The average Bonchev–Trinajstić information content (AvgIpc) is 3.20. The van der Waals surface area contributed by atoms with E-state index in [2.05, 4.69) is 51.6 Å². The van der Waals surface area contributed by atoms with Gasteiger partial charge in [0.25, 0.3) is 0 Å². The SMILES string of the molecule is CC(C)(C)NCCn1c(Sc2cc3c(cc2Br)OCO3)nc2c(N)nccc21. The first kappa shape index (κ1) is 19.4. The third kappa shape index (κ3) is 3.92. The van der Waals surface area contributed by atoms with E-state index in [4.69, 9.17) is 20.2 Å². The maximum absolute atomic E-state index is 6.08. The van der Waals surface area contributed by atoms with E-state index < -0.39 is 0 Å². The highest BCUT2D eigenvalue weighted by Gasteiger charge is 2.20. The second-order valence-electron chi connectivity index (χ2n) is 7.52. The Morgan fingerprint density at radius 3 is 2.79 bits per heavy atom. The molecule has 0 aliphatic carbocycles. The topological polar surface area (TPSA) is 87.2 Å². The van der Waals surface area contributed by atoms with Crippen LogP contribution in [0, 0.1) is 0 Å². The highest BCUT2D eigenvalue weighted by molar-refractivity contribution is 9.10. The van der Waals surface area contributed by atoms with Gasteiger partial charge in [-0.1, -0.05) is 11.8 Å². The smallest absolute Gasteiger partial charge is 0.231 e. The van der Waals surface area contributed by atoms with Crippen molar-refractivity contribution in [1.29, 1.82) is 0 Å². The monoisotopic (exact) mass is 463 g/mol. The number of hydrogen-bond donors (Lipinski definition) is 2. The third-order valence-corrected chi connectivity index (χ3v) is 6.25. The van der Waals surface area contributed by atoms with Gasteiger partial charge >= 0.3 is 0 Å². The van der Waals surface area contributed by atoms with Crippen LogP contribution in [0.1, 0.15) is 20.8 Å². The second kappa shape index (κ2) is 7.46. The number of imidazole rings is 1. The molecule has 1 aromatic carbocycles. The molecule has 0 unspecified atom stereocenters. The molecule has 1 aliphatic rings. The molecular weight excluding hydrogens is 442 g/mol. The molecule has 4 rings (SSSR count). The minimum absolute atomic E-state index is 0.0463. The van der Waals surface area contributed by atoms with Crippen molar-refractivity contribution in [3.63, 3.8) is 0 Å². The molecule has 0 radical (unpaired) electrons. The van der Waals surface area contributed by atoms with Crippen LogP contribution in [0.5, 0.6) is 11.5 Å². The minimum atomic E-state index is 0.0463. The number of nitrogens with one attached hydrogen (secondary N) is 1. The van der Waals surface area contributed by atoms with Crippen LogP contribution in [0.25, 0.3) is 11.0 Å². The first-order valence-electron chi connectivity index (χ1n) is 8.94. The lowest BCUT2D eigenvalue weighted by molar-refractivity contribution is 0.174. The first-order chi connectivity index (χ1) is 13.3. The summed E-state index contributed by atoms with van der Waals surface area (Å²) in [6, 6.07) is 5.85. The fraction of sp³-hybridized carbons (Fsp3) is 0.368. The lowest BCUT2D eigenvalue weighted by Crippen LogP contribution is -2.37. The number of fused-ring (bicyclic) bond motifs is 2. The standard InChI is InChI=1S/C19H22BrN5O2S/c1-19(2,3)23-6-7-25-12-4-5-22-17(21)16(12)24-18(25)28-15-9-14-13(8-11(15)20)26-10-27-14/h4-5,8-9,23H,6-7,10H2,1-3H3,(H2,21,22). The van der Waals surface area contributed by atoms with Crippen LogP contribution in [-0.4, -0.2) is 33.4 Å².